The lowest BCUT2D eigenvalue weighted by Gasteiger charge is -2.39. The summed E-state index contributed by atoms with van der Waals surface area (Å²) in [5.74, 6) is 6.60. The molecule has 2 saturated heterocycles. The van der Waals surface area contributed by atoms with Gasteiger partial charge < -0.3 is 4.90 Å². The molecule has 2 aliphatic rings. The first-order valence-electron chi connectivity index (χ1n) is 7.91. The average molecular weight is 273 g/mol. The number of hydrogen-bond acceptors (Lipinski definition) is 3. The Morgan fingerprint density at radius 1 is 1.25 bits per heavy atom. The van der Waals surface area contributed by atoms with Gasteiger partial charge in [0, 0.05) is 18.1 Å². The van der Waals surface area contributed by atoms with Crippen molar-refractivity contribution in [2.45, 2.75) is 57.2 Å². The van der Waals surface area contributed by atoms with Crippen LogP contribution >= 0.6 is 0 Å². The van der Waals surface area contributed by atoms with Crippen LogP contribution in [-0.4, -0.2) is 30.1 Å². The molecule has 0 aliphatic carbocycles. The zero-order valence-corrected chi connectivity index (χ0v) is 12.7. The third-order valence-corrected chi connectivity index (χ3v) is 5.62. The number of rotatable bonds is 4. The highest BCUT2D eigenvalue weighted by Gasteiger charge is 2.40. The first kappa shape index (κ1) is 14.1. The summed E-state index contributed by atoms with van der Waals surface area (Å²) < 4.78 is 0. The molecule has 0 spiro atoms. The molecule has 110 valence electrons. The predicted molar refractivity (Wildman–Crippen MR) is 83.3 cm³/mol. The second-order valence-corrected chi connectivity index (χ2v) is 6.69. The Hall–Kier alpha value is -0.900. The van der Waals surface area contributed by atoms with E-state index in [4.69, 9.17) is 5.84 Å². The van der Waals surface area contributed by atoms with Gasteiger partial charge in [-0.1, -0.05) is 24.3 Å². The normalized spacial score (nSPS) is 31.4. The van der Waals surface area contributed by atoms with E-state index in [0.717, 1.165) is 18.5 Å². The maximum absolute atomic E-state index is 5.88. The molecular weight excluding hydrogens is 246 g/mol. The van der Waals surface area contributed by atoms with E-state index < -0.39 is 0 Å². The highest BCUT2D eigenvalue weighted by Crippen LogP contribution is 2.39. The van der Waals surface area contributed by atoms with Crippen LogP contribution in [0, 0.1) is 12.8 Å². The van der Waals surface area contributed by atoms with Crippen molar-refractivity contribution in [1.82, 2.24) is 10.3 Å². The minimum absolute atomic E-state index is 0.410. The largest absolute Gasteiger partial charge is 0.300 e. The van der Waals surface area contributed by atoms with Gasteiger partial charge in [-0.3, -0.25) is 11.3 Å². The lowest BCUT2D eigenvalue weighted by Crippen LogP contribution is -2.49. The first-order chi connectivity index (χ1) is 9.69. The molecule has 0 aromatic heterocycles. The minimum Gasteiger partial charge on any atom is -0.300 e. The Labute approximate surface area is 122 Å². The van der Waals surface area contributed by atoms with Gasteiger partial charge in [-0.25, -0.2) is 0 Å². The molecule has 2 fully saturated rings. The van der Waals surface area contributed by atoms with E-state index in [-0.39, 0.29) is 0 Å². The van der Waals surface area contributed by atoms with Gasteiger partial charge in [0.15, 0.2) is 0 Å². The Kier molecular flexibility index (Phi) is 4.11. The van der Waals surface area contributed by atoms with Gasteiger partial charge in [-0.15, -0.1) is 0 Å². The van der Waals surface area contributed by atoms with Gasteiger partial charge in [0.1, 0.15) is 0 Å². The number of nitrogens with zero attached hydrogens (tertiary/aromatic N) is 1. The topological polar surface area (TPSA) is 41.3 Å². The third-order valence-electron chi connectivity index (χ3n) is 5.62. The molecule has 2 heterocycles. The van der Waals surface area contributed by atoms with Crippen LogP contribution in [0.4, 0.5) is 0 Å². The average Bonchev–Trinajstić information content (AvgIpc) is 2.67. The Morgan fingerprint density at radius 3 is 2.50 bits per heavy atom. The summed E-state index contributed by atoms with van der Waals surface area (Å²) >= 11 is 0. The van der Waals surface area contributed by atoms with Crippen LogP contribution in [0.15, 0.2) is 24.3 Å². The molecule has 1 aromatic carbocycles. The second kappa shape index (κ2) is 5.84. The van der Waals surface area contributed by atoms with Crippen molar-refractivity contribution in [2.75, 3.05) is 7.05 Å². The Morgan fingerprint density at radius 2 is 1.90 bits per heavy atom. The Balaban J connectivity index is 1.70. The second-order valence-electron chi connectivity index (χ2n) is 6.69. The molecular formula is C17H27N3. The molecule has 3 nitrogen and oxygen atoms in total. The van der Waals surface area contributed by atoms with Crippen LogP contribution < -0.4 is 11.3 Å². The van der Waals surface area contributed by atoms with Crippen molar-refractivity contribution in [1.29, 1.82) is 0 Å². The number of aryl methyl sites for hydroxylation is 1. The number of nitrogens with one attached hydrogen (secondary N) is 1. The van der Waals surface area contributed by atoms with Crippen LogP contribution in [0.25, 0.3) is 0 Å². The van der Waals surface area contributed by atoms with E-state index in [0.29, 0.717) is 12.0 Å². The van der Waals surface area contributed by atoms with E-state index in [1.807, 2.05) is 0 Å². The lowest BCUT2D eigenvalue weighted by atomic mass is 9.82. The monoisotopic (exact) mass is 273 g/mol. The number of nitrogens with two attached hydrogens (primary N) is 1. The molecule has 0 amide bonds. The number of hydrogen-bond donors (Lipinski definition) is 2. The van der Waals surface area contributed by atoms with Gasteiger partial charge in [0.2, 0.25) is 0 Å². The highest BCUT2D eigenvalue weighted by atomic mass is 15.2. The van der Waals surface area contributed by atoms with E-state index >= 15 is 0 Å². The highest BCUT2D eigenvalue weighted by molar-refractivity contribution is 5.26. The zero-order chi connectivity index (χ0) is 14.1. The molecule has 2 aliphatic heterocycles. The van der Waals surface area contributed by atoms with Crippen molar-refractivity contribution in [2.24, 2.45) is 11.8 Å². The van der Waals surface area contributed by atoms with Crippen LogP contribution in [-0.2, 0) is 6.42 Å². The molecule has 20 heavy (non-hydrogen) atoms. The lowest BCUT2D eigenvalue weighted by molar-refractivity contribution is 0.112. The summed E-state index contributed by atoms with van der Waals surface area (Å²) in [6.45, 7) is 2.20. The summed E-state index contributed by atoms with van der Waals surface area (Å²) in [5, 5.41) is 0. The van der Waals surface area contributed by atoms with Crippen molar-refractivity contribution in [3.63, 3.8) is 0 Å². The van der Waals surface area contributed by atoms with Gasteiger partial charge in [-0.05, 0) is 63.1 Å². The van der Waals surface area contributed by atoms with Gasteiger partial charge in [0.05, 0.1) is 0 Å². The fourth-order valence-electron chi connectivity index (χ4n) is 4.22. The number of hydrazine groups is 1. The summed E-state index contributed by atoms with van der Waals surface area (Å²) in [6.07, 6.45) is 6.40. The first-order valence-corrected chi connectivity index (χ1v) is 7.91. The molecule has 3 N–H and O–H groups in total. The van der Waals surface area contributed by atoms with Gasteiger partial charge in [0.25, 0.3) is 0 Å². The van der Waals surface area contributed by atoms with Gasteiger partial charge in [-0.2, -0.15) is 0 Å². The van der Waals surface area contributed by atoms with Crippen molar-refractivity contribution < 1.29 is 0 Å². The molecule has 3 unspecified atom stereocenters. The SMILES string of the molecule is Cc1ccccc1CC(NN)C1CC2CCC(C1)N2C. The third kappa shape index (κ3) is 2.62. The molecule has 1 aromatic rings. The van der Waals surface area contributed by atoms with Crippen molar-refractivity contribution in [3.8, 4) is 0 Å². The standard InChI is InChI=1S/C17H27N3/c1-12-5-3-4-6-13(12)11-17(19-18)14-9-15-7-8-16(10-14)20(15)2/h3-6,14-17,19H,7-11,18H2,1-2H3. The maximum atomic E-state index is 5.88. The van der Waals surface area contributed by atoms with E-state index in [1.165, 1.54) is 36.8 Å². The van der Waals surface area contributed by atoms with Crippen LogP contribution in [0.2, 0.25) is 0 Å². The van der Waals surface area contributed by atoms with Crippen LogP contribution in [0.3, 0.4) is 0 Å². The predicted octanol–water partition coefficient (Wildman–Crippen LogP) is 2.24. The van der Waals surface area contributed by atoms with E-state index in [1.54, 1.807) is 0 Å². The number of piperidine rings is 1. The molecule has 3 rings (SSSR count). The molecule has 3 atom stereocenters. The smallest absolute Gasteiger partial charge is 0.0280 e. The van der Waals surface area contributed by atoms with E-state index in [2.05, 4.69) is 48.6 Å². The summed E-state index contributed by atoms with van der Waals surface area (Å²) in [7, 11) is 2.30. The Bertz CT molecular complexity index is 445. The van der Waals surface area contributed by atoms with Gasteiger partial charge >= 0.3 is 0 Å². The zero-order valence-electron chi connectivity index (χ0n) is 12.7. The van der Waals surface area contributed by atoms with Crippen LogP contribution in [0.1, 0.15) is 36.8 Å². The molecule has 0 radical (unpaired) electrons. The molecule has 3 heteroatoms. The fraction of sp³-hybridized carbons (Fsp3) is 0.647. The van der Waals surface area contributed by atoms with Crippen molar-refractivity contribution in [3.05, 3.63) is 35.4 Å². The minimum atomic E-state index is 0.410. The fourth-order valence-corrected chi connectivity index (χ4v) is 4.22. The molecule has 2 bridgehead atoms. The summed E-state index contributed by atoms with van der Waals surface area (Å²) in [5.41, 5.74) is 5.92. The maximum Gasteiger partial charge on any atom is 0.0280 e. The quantitative estimate of drug-likeness (QED) is 0.653. The van der Waals surface area contributed by atoms with E-state index in [9.17, 15) is 0 Å². The molecule has 0 saturated carbocycles. The summed E-state index contributed by atoms with van der Waals surface area (Å²) in [4.78, 5) is 2.60. The van der Waals surface area contributed by atoms with Crippen molar-refractivity contribution >= 4 is 0 Å². The number of benzene rings is 1. The number of fused-ring (bicyclic) bond motifs is 2. The summed E-state index contributed by atoms with van der Waals surface area (Å²) in [6, 6.07) is 10.7. The van der Waals surface area contributed by atoms with Crippen LogP contribution in [0.5, 0.6) is 0 Å².